The van der Waals surface area contributed by atoms with Crippen molar-refractivity contribution < 1.29 is 22.7 Å². The molecule has 2 aromatic rings. The maximum Gasteiger partial charge on any atom is 0.251 e. The van der Waals surface area contributed by atoms with E-state index in [1.54, 1.807) is 24.3 Å². The van der Waals surface area contributed by atoms with Crippen LogP contribution in [-0.4, -0.2) is 51.5 Å². The van der Waals surface area contributed by atoms with Gasteiger partial charge < -0.3 is 14.8 Å². The van der Waals surface area contributed by atoms with Gasteiger partial charge in [0.25, 0.3) is 5.91 Å². The Hall–Kier alpha value is -2.42. The van der Waals surface area contributed by atoms with Gasteiger partial charge in [0, 0.05) is 25.2 Å². The van der Waals surface area contributed by atoms with E-state index in [1.165, 1.54) is 4.31 Å². The maximum absolute atomic E-state index is 12.5. The first-order valence-corrected chi connectivity index (χ1v) is 11.2. The van der Waals surface area contributed by atoms with Crippen molar-refractivity contribution in [1.29, 1.82) is 0 Å². The Bertz CT molecular complexity index is 922. The third-order valence-electron chi connectivity index (χ3n) is 4.59. The highest BCUT2D eigenvalue weighted by molar-refractivity contribution is 7.88. The number of morpholine rings is 1. The lowest BCUT2D eigenvalue weighted by atomic mass is 10.1. The number of benzene rings is 2. The molecule has 0 saturated carbocycles. The fourth-order valence-electron chi connectivity index (χ4n) is 3.08. The van der Waals surface area contributed by atoms with Gasteiger partial charge >= 0.3 is 0 Å². The molecule has 1 aliphatic heterocycles. The first-order valence-electron chi connectivity index (χ1n) is 9.62. The fraction of sp³-hybridized carbons (Fsp3) is 0.381. The molecule has 7 nitrogen and oxygen atoms in total. The second kappa shape index (κ2) is 9.87. The van der Waals surface area contributed by atoms with Gasteiger partial charge in [0.2, 0.25) is 10.0 Å². The molecule has 3 rings (SSSR count). The van der Waals surface area contributed by atoms with Crippen molar-refractivity contribution in [3.63, 3.8) is 0 Å². The number of carbonyl (C=O) groups is 1. The van der Waals surface area contributed by atoms with E-state index >= 15 is 0 Å². The van der Waals surface area contributed by atoms with Crippen molar-refractivity contribution in [2.75, 3.05) is 32.9 Å². The number of sulfonamides is 1. The van der Waals surface area contributed by atoms with Crippen molar-refractivity contribution in [1.82, 2.24) is 9.62 Å². The number of rotatable bonds is 8. The minimum absolute atomic E-state index is 0.0842. The monoisotopic (exact) mass is 418 g/mol. The molecule has 1 heterocycles. The van der Waals surface area contributed by atoms with Crippen LogP contribution >= 0.6 is 0 Å². The van der Waals surface area contributed by atoms with Crippen LogP contribution < -0.4 is 10.1 Å². The van der Waals surface area contributed by atoms with Gasteiger partial charge in [-0.15, -0.1) is 0 Å². The molecule has 29 heavy (non-hydrogen) atoms. The van der Waals surface area contributed by atoms with Crippen LogP contribution in [0.25, 0.3) is 0 Å². The summed E-state index contributed by atoms with van der Waals surface area (Å²) in [5, 5.41) is 2.87. The Morgan fingerprint density at radius 3 is 2.52 bits per heavy atom. The first kappa shape index (κ1) is 21.3. The van der Waals surface area contributed by atoms with Gasteiger partial charge in [-0.3, -0.25) is 4.79 Å². The summed E-state index contributed by atoms with van der Waals surface area (Å²) in [6, 6.07) is 14.2. The Kier molecular flexibility index (Phi) is 7.24. The molecule has 1 N–H and O–H groups in total. The van der Waals surface area contributed by atoms with E-state index in [4.69, 9.17) is 9.47 Å². The minimum atomic E-state index is -3.38. The molecule has 0 unspecified atom stereocenters. The molecule has 1 amide bonds. The highest BCUT2D eigenvalue weighted by atomic mass is 32.2. The summed E-state index contributed by atoms with van der Waals surface area (Å²) in [5.41, 5.74) is 2.08. The Morgan fingerprint density at radius 1 is 1.10 bits per heavy atom. The van der Waals surface area contributed by atoms with Crippen molar-refractivity contribution in [3.05, 3.63) is 65.2 Å². The van der Waals surface area contributed by atoms with Crippen molar-refractivity contribution in [2.45, 2.75) is 19.2 Å². The van der Waals surface area contributed by atoms with Gasteiger partial charge in [-0.05, 0) is 42.3 Å². The predicted molar refractivity (Wildman–Crippen MR) is 110 cm³/mol. The van der Waals surface area contributed by atoms with Gasteiger partial charge in [-0.25, -0.2) is 8.42 Å². The zero-order valence-electron chi connectivity index (χ0n) is 16.5. The van der Waals surface area contributed by atoms with Crippen molar-refractivity contribution in [2.24, 2.45) is 0 Å². The Labute approximate surface area is 171 Å². The number of nitrogens with zero attached hydrogens (tertiary/aromatic N) is 1. The number of hydrogen-bond donors (Lipinski definition) is 1. The second-order valence-corrected chi connectivity index (χ2v) is 8.70. The number of amides is 1. The molecule has 8 heteroatoms. The number of nitrogens with one attached hydrogen (secondary N) is 1. The molecule has 2 aromatic carbocycles. The lowest BCUT2D eigenvalue weighted by Crippen LogP contribution is -2.41. The summed E-state index contributed by atoms with van der Waals surface area (Å²) in [6.45, 7) is 4.50. The fourth-order valence-corrected chi connectivity index (χ4v) is 4.58. The summed E-state index contributed by atoms with van der Waals surface area (Å²) in [6.07, 6.45) is 0. The van der Waals surface area contributed by atoms with Crippen molar-refractivity contribution >= 4 is 15.9 Å². The molecule has 156 valence electrons. The SMILES string of the molecule is CCOc1cccc(CNC(=O)c2ccc(CS(=O)(=O)N3CCOCC3)cc2)c1. The molecule has 0 bridgehead atoms. The maximum atomic E-state index is 12.5. The minimum Gasteiger partial charge on any atom is -0.494 e. The molecule has 1 saturated heterocycles. The van der Waals surface area contributed by atoms with Crippen LogP contribution in [0.2, 0.25) is 0 Å². The third-order valence-corrected chi connectivity index (χ3v) is 6.44. The summed E-state index contributed by atoms with van der Waals surface area (Å²) >= 11 is 0. The zero-order chi connectivity index (χ0) is 20.7. The summed E-state index contributed by atoms with van der Waals surface area (Å²) < 4.78 is 37.1. The highest BCUT2D eigenvalue weighted by Crippen LogP contribution is 2.15. The molecule has 0 aromatic heterocycles. The van der Waals surface area contributed by atoms with Crippen LogP contribution in [0.15, 0.2) is 48.5 Å². The van der Waals surface area contributed by atoms with E-state index in [2.05, 4.69) is 5.32 Å². The zero-order valence-corrected chi connectivity index (χ0v) is 17.3. The summed E-state index contributed by atoms with van der Waals surface area (Å²) in [4.78, 5) is 12.4. The molecule has 1 fully saturated rings. The smallest absolute Gasteiger partial charge is 0.251 e. The van der Waals surface area contributed by atoms with E-state index in [0.29, 0.717) is 50.6 Å². The van der Waals surface area contributed by atoms with Crippen LogP contribution in [0, 0.1) is 0 Å². The van der Waals surface area contributed by atoms with E-state index in [0.717, 1.165) is 11.3 Å². The van der Waals surface area contributed by atoms with Crippen molar-refractivity contribution in [3.8, 4) is 5.75 Å². The lowest BCUT2D eigenvalue weighted by molar-refractivity contribution is 0.0729. The van der Waals surface area contributed by atoms with Crippen LogP contribution in [0.1, 0.15) is 28.4 Å². The average molecular weight is 419 g/mol. The van der Waals surface area contributed by atoms with Crippen LogP contribution in [0.4, 0.5) is 0 Å². The van der Waals surface area contributed by atoms with E-state index in [1.807, 2.05) is 31.2 Å². The molecular formula is C21H26N2O5S. The third kappa shape index (κ3) is 6.03. The normalized spacial score (nSPS) is 15.1. The Morgan fingerprint density at radius 2 is 1.83 bits per heavy atom. The number of ether oxygens (including phenoxy) is 2. The molecule has 0 atom stereocenters. The highest BCUT2D eigenvalue weighted by Gasteiger charge is 2.24. The van der Waals surface area contributed by atoms with Crippen LogP contribution in [0.5, 0.6) is 5.75 Å². The molecule has 0 radical (unpaired) electrons. The molecule has 0 spiro atoms. The van der Waals surface area contributed by atoms with Gasteiger partial charge in [-0.2, -0.15) is 4.31 Å². The van der Waals surface area contributed by atoms with Crippen LogP contribution in [0.3, 0.4) is 0 Å². The van der Waals surface area contributed by atoms with Crippen LogP contribution in [-0.2, 0) is 27.1 Å². The standard InChI is InChI=1S/C21H26N2O5S/c1-2-28-20-5-3-4-18(14-20)15-22-21(24)19-8-6-17(7-9-19)16-29(25,26)23-10-12-27-13-11-23/h3-9,14H,2,10-13,15-16H2,1H3,(H,22,24). The van der Waals surface area contributed by atoms with E-state index < -0.39 is 10.0 Å². The first-order chi connectivity index (χ1) is 14.0. The van der Waals surface area contributed by atoms with Gasteiger partial charge in [-0.1, -0.05) is 24.3 Å². The second-order valence-electron chi connectivity index (χ2n) is 6.73. The number of hydrogen-bond acceptors (Lipinski definition) is 5. The topological polar surface area (TPSA) is 84.9 Å². The average Bonchev–Trinajstić information content (AvgIpc) is 2.73. The molecule has 0 aliphatic carbocycles. The van der Waals surface area contributed by atoms with E-state index in [-0.39, 0.29) is 11.7 Å². The Balaban J connectivity index is 1.56. The van der Waals surface area contributed by atoms with Gasteiger partial charge in [0.15, 0.2) is 0 Å². The summed E-state index contributed by atoms with van der Waals surface area (Å²) in [7, 11) is -3.38. The van der Waals surface area contributed by atoms with E-state index in [9.17, 15) is 13.2 Å². The molecule has 1 aliphatic rings. The lowest BCUT2D eigenvalue weighted by Gasteiger charge is -2.26. The van der Waals surface area contributed by atoms with Gasteiger partial charge in [0.05, 0.1) is 25.6 Å². The number of carbonyl (C=O) groups excluding carboxylic acids is 1. The van der Waals surface area contributed by atoms with Gasteiger partial charge in [0.1, 0.15) is 5.75 Å². The quantitative estimate of drug-likeness (QED) is 0.710. The summed E-state index contributed by atoms with van der Waals surface area (Å²) in [5.74, 6) is 0.471. The molecular weight excluding hydrogens is 392 g/mol. The largest absolute Gasteiger partial charge is 0.494 e. The predicted octanol–water partition coefficient (Wildman–Crippen LogP) is 2.18.